The second-order valence-corrected chi connectivity index (χ2v) is 7.92. The van der Waals surface area contributed by atoms with Gasteiger partial charge in [-0.2, -0.15) is 0 Å². The lowest BCUT2D eigenvalue weighted by Crippen LogP contribution is -2.30. The molecule has 0 aliphatic carbocycles. The van der Waals surface area contributed by atoms with Gasteiger partial charge in [0.05, 0.1) is 5.75 Å². The first-order valence-electron chi connectivity index (χ1n) is 8.79. The zero-order chi connectivity index (χ0) is 19.3. The van der Waals surface area contributed by atoms with Crippen molar-refractivity contribution < 1.29 is 4.79 Å². The molecule has 1 aromatic carbocycles. The van der Waals surface area contributed by atoms with Crippen molar-refractivity contribution in [3.63, 3.8) is 0 Å². The SMILES string of the molecule is Cc1cccc(Cc2c(C)nc(SCC(=O)NCC(C)C)n(C)c2=O)c1. The second-order valence-electron chi connectivity index (χ2n) is 6.97. The molecule has 0 aliphatic heterocycles. The Labute approximate surface area is 159 Å². The molecule has 2 rings (SSSR count). The van der Waals surface area contributed by atoms with Crippen LogP contribution in [0.2, 0.25) is 0 Å². The number of hydrogen-bond acceptors (Lipinski definition) is 4. The van der Waals surface area contributed by atoms with E-state index < -0.39 is 0 Å². The van der Waals surface area contributed by atoms with Crippen LogP contribution < -0.4 is 10.9 Å². The lowest BCUT2D eigenvalue weighted by Gasteiger charge is -2.12. The second kappa shape index (κ2) is 9.03. The number of amides is 1. The molecule has 1 amide bonds. The molecule has 1 N–H and O–H groups in total. The lowest BCUT2D eigenvalue weighted by molar-refractivity contribution is -0.118. The van der Waals surface area contributed by atoms with Crippen molar-refractivity contribution in [2.75, 3.05) is 12.3 Å². The van der Waals surface area contributed by atoms with E-state index in [0.29, 0.717) is 29.6 Å². The summed E-state index contributed by atoms with van der Waals surface area (Å²) in [5.41, 5.74) is 3.64. The van der Waals surface area contributed by atoms with Gasteiger partial charge in [0.15, 0.2) is 5.16 Å². The minimum absolute atomic E-state index is 0.0422. The summed E-state index contributed by atoms with van der Waals surface area (Å²) >= 11 is 1.29. The highest BCUT2D eigenvalue weighted by atomic mass is 32.2. The average Bonchev–Trinajstić information content (AvgIpc) is 2.59. The van der Waals surface area contributed by atoms with Gasteiger partial charge in [-0.25, -0.2) is 4.98 Å². The summed E-state index contributed by atoms with van der Waals surface area (Å²) in [7, 11) is 1.71. The Morgan fingerprint density at radius 3 is 2.69 bits per heavy atom. The number of thioether (sulfide) groups is 1. The van der Waals surface area contributed by atoms with Gasteiger partial charge in [-0.05, 0) is 25.3 Å². The van der Waals surface area contributed by atoms with Crippen LogP contribution in [0.15, 0.2) is 34.2 Å². The molecule has 140 valence electrons. The van der Waals surface area contributed by atoms with Gasteiger partial charge in [0.25, 0.3) is 5.56 Å². The molecule has 0 atom stereocenters. The summed E-state index contributed by atoms with van der Waals surface area (Å²) in [6, 6.07) is 8.14. The molecule has 2 aromatic rings. The standard InChI is InChI=1S/C20H27N3O2S/c1-13(2)11-21-18(24)12-26-20-22-15(4)17(19(25)23(20)5)10-16-8-6-7-14(3)9-16/h6-9,13H,10-12H2,1-5H3,(H,21,24). The number of nitrogens with zero attached hydrogens (tertiary/aromatic N) is 2. The summed E-state index contributed by atoms with van der Waals surface area (Å²) in [4.78, 5) is 29.2. The molecule has 26 heavy (non-hydrogen) atoms. The number of aromatic nitrogens is 2. The van der Waals surface area contributed by atoms with Crippen LogP contribution in [0.25, 0.3) is 0 Å². The molecule has 0 radical (unpaired) electrons. The zero-order valence-corrected chi connectivity index (χ0v) is 16.9. The molecule has 0 bridgehead atoms. The number of nitrogens with one attached hydrogen (secondary N) is 1. The quantitative estimate of drug-likeness (QED) is 0.599. The van der Waals surface area contributed by atoms with Crippen LogP contribution in [0, 0.1) is 19.8 Å². The third-order valence-corrected chi connectivity index (χ3v) is 5.08. The first-order chi connectivity index (χ1) is 12.3. The molecule has 0 saturated carbocycles. The van der Waals surface area contributed by atoms with Crippen LogP contribution in [-0.2, 0) is 18.3 Å². The van der Waals surface area contributed by atoms with E-state index in [1.54, 1.807) is 11.6 Å². The average molecular weight is 374 g/mol. The van der Waals surface area contributed by atoms with Crippen molar-refractivity contribution in [3.8, 4) is 0 Å². The molecule has 0 unspecified atom stereocenters. The molecular formula is C20H27N3O2S. The van der Waals surface area contributed by atoms with Gasteiger partial charge < -0.3 is 5.32 Å². The van der Waals surface area contributed by atoms with E-state index in [4.69, 9.17) is 0 Å². The van der Waals surface area contributed by atoms with Gasteiger partial charge in [0.2, 0.25) is 5.91 Å². The van der Waals surface area contributed by atoms with E-state index >= 15 is 0 Å². The Bertz CT molecular complexity index is 843. The van der Waals surface area contributed by atoms with E-state index in [1.807, 2.05) is 32.0 Å². The summed E-state index contributed by atoms with van der Waals surface area (Å²) in [6.45, 7) is 8.65. The topological polar surface area (TPSA) is 64.0 Å². The summed E-state index contributed by atoms with van der Waals surface area (Å²) in [5.74, 6) is 0.623. The highest BCUT2D eigenvalue weighted by molar-refractivity contribution is 7.99. The van der Waals surface area contributed by atoms with Crippen LogP contribution >= 0.6 is 11.8 Å². The van der Waals surface area contributed by atoms with Crippen LogP contribution in [0.5, 0.6) is 0 Å². The minimum Gasteiger partial charge on any atom is -0.355 e. The largest absolute Gasteiger partial charge is 0.355 e. The van der Waals surface area contributed by atoms with Gasteiger partial charge in [0.1, 0.15) is 0 Å². The molecule has 1 heterocycles. The van der Waals surface area contributed by atoms with Gasteiger partial charge >= 0.3 is 0 Å². The van der Waals surface area contributed by atoms with Crippen LogP contribution in [0.1, 0.15) is 36.2 Å². The van der Waals surface area contributed by atoms with Crippen molar-refractivity contribution in [2.45, 2.75) is 39.3 Å². The summed E-state index contributed by atoms with van der Waals surface area (Å²) in [6.07, 6.45) is 0.563. The van der Waals surface area contributed by atoms with E-state index in [-0.39, 0.29) is 17.2 Å². The Morgan fingerprint density at radius 1 is 1.31 bits per heavy atom. The number of aryl methyl sites for hydroxylation is 2. The number of benzene rings is 1. The Kier molecular flexibility index (Phi) is 7.03. The van der Waals surface area contributed by atoms with Gasteiger partial charge in [0, 0.05) is 31.3 Å². The molecule has 0 spiro atoms. The van der Waals surface area contributed by atoms with Crippen LogP contribution in [-0.4, -0.2) is 27.8 Å². The van der Waals surface area contributed by atoms with E-state index in [2.05, 4.69) is 30.2 Å². The fourth-order valence-electron chi connectivity index (χ4n) is 2.59. The number of hydrogen-bond donors (Lipinski definition) is 1. The summed E-state index contributed by atoms with van der Waals surface area (Å²) < 4.78 is 1.54. The molecule has 0 aliphatic rings. The first-order valence-corrected chi connectivity index (χ1v) is 9.78. The van der Waals surface area contributed by atoms with Crippen molar-refractivity contribution in [3.05, 3.63) is 57.0 Å². The smallest absolute Gasteiger partial charge is 0.257 e. The first kappa shape index (κ1) is 20.2. The maximum Gasteiger partial charge on any atom is 0.257 e. The number of carbonyl (C=O) groups is 1. The maximum absolute atomic E-state index is 12.8. The predicted molar refractivity (Wildman–Crippen MR) is 107 cm³/mol. The Hall–Kier alpha value is -2.08. The molecule has 1 aromatic heterocycles. The highest BCUT2D eigenvalue weighted by Crippen LogP contribution is 2.17. The number of carbonyl (C=O) groups excluding carboxylic acids is 1. The van der Waals surface area contributed by atoms with Crippen LogP contribution in [0.4, 0.5) is 0 Å². The van der Waals surface area contributed by atoms with Gasteiger partial charge in [-0.1, -0.05) is 55.4 Å². The number of rotatable bonds is 7. The molecule has 0 saturated heterocycles. The maximum atomic E-state index is 12.8. The third-order valence-electron chi connectivity index (χ3n) is 4.05. The third kappa shape index (κ3) is 5.46. The van der Waals surface area contributed by atoms with E-state index in [9.17, 15) is 9.59 Å². The van der Waals surface area contributed by atoms with Crippen molar-refractivity contribution in [1.82, 2.24) is 14.9 Å². The summed E-state index contributed by atoms with van der Waals surface area (Å²) in [5, 5.41) is 3.45. The predicted octanol–water partition coefficient (Wildman–Crippen LogP) is 2.85. The highest BCUT2D eigenvalue weighted by Gasteiger charge is 2.14. The zero-order valence-electron chi connectivity index (χ0n) is 16.1. The van der Waals surface area contributed by atoms with Crippen LogP contribution in [0.3, 0.4) is 0 Å². The Balaban J connectivity index is 2.14. The monoisotopic (exact) mass is 373 g/mol. The normalized spacial score (nSPS) is 11.0. The molecular weight excluding hydrogens is 346 g/mol. The fourth-order valence-corrected chi connectivity index (χ4v) is 3.43. The molecule has 6 heteroatoms. The van der Waals surface area contributed by atoms with Crippen molar-refractivity contribution in [1.29, 1.82) is 0 Å². The minimum atomic E-state index is -0.0518. The molecule has 0 fully saturated rings. The van der Waals surface area contributed by atoms with Crippen molar-refractivity contribution in [2.24, 2.45) is 13.0 Å². The van der Waals surface area contributed by atoms with E-state index in [0.717, 1.165) is 11.3 Å². The van der Waals surface area contributed by atoms with E-state index in [1.165, 1.54) is 17.3 Å². The molecule has 5 nitrogen and oxygen atoms in total. The van der Waals surface area contributed by atoms with Gasteiger partial charge in [-0.15, -0.1) is 0 Å². The van der Waals surface area contributed by atoms with Crippen molar-refractivity contribution >= 4 is 17.7 Å². The Morgan fingerprint density at radius 2 is 2.04 bits per heavy atom. The van der Waals surface area contributed by atoms with Gasteiger partial charge in [-0.3, -0.25) is 14.2 Å². The fraction of sp³-hybridized carbons (Fsp3) is 0.450. The lowest BCUT2D eigenvalue weighted by atomic mass is 10.0.